The van der Waals surface area contributed by atoms with Crippen LogP contribution in [0.3, 0.4) is 0 Å². The number of ketones is 1. The van der Waals surface area contributed by atoms with E-state index in [1.54, 1.807) is 42.6 Å². The number of rotatable bonds is 4. The van der Waals surface area contributed by atoms with Crippen molar-refractivity contribution in [2.24, 2.45) is 0 Å². The molecule has 0 radical (unpaired) electrons. The first-order chi connectivity index (χ1) is 14.4. The Labute approximate surface area is 175 Å². The highest BCUT2D eigenvalue weighted by Crippen LogP contribution is 2.24. The number of anilines is 1. The third-order valence-electron chi connectivity index (χ3n) is 4.48. The number of aromatic nitrogens is 1. The number of hydrogen-bond donors (Lipinski definition) is 1. The fourth-order valence-corrected chi connectivity index (χ4v) is 3.22. The van der Waals surface area contributed by atoms with Crippen molar-refractivity contribution in [2.45, 2.75) is 0 Å². The fraction of sp³-hybridized carbons (Fsp3) is 0. The van der Waals surface area contributed by atoms with Gasteiger partial charge in [-0.15, -0.1) is 0 Å². The summed E-state index contributed by atoms with van der Waals surface area (Å²) < 4.78 is 28.6. The predicted octanol–water partition coefficient (Wildman–Crippen LogP) is 5.65. The summed E-state index contributed by atoms with van der Waals surface area (Å²) in [5.74, 6) is -3.81. The molecule has 0 fully saturated rings. The van der Waals surface area contributed by atoms with Crippen LogP contribution in [-0.2, 0) is 0 Å². The number of benzene rings is 3. The molecule has 1 aromatic heterocycles. The number of nitrogens with one attached hydrogen (secondary N) is 1. The molecule has 4 aromatic rings. The van der Waals surface area contributed by atoms with Crippen molar-refractivity contribution < 1.29 is 18.4 Å². The zero-order chi connectivity index (χ0) is 21.3. The van der Waals surface area contributed by atoms with Gasteiger partial charge in [-0.2, -0.15) is 0 Å². The van der Waals surface area contributed by atoms with Gasteiger partial charge in [0, 0.05) is 39.5 Å². The molecule has 1 N–H and O–H groups in total. The van der Waals surface area contributed by atoms with Crippen LogP contribution in [0.1, 0.15) is 26.3 Å². The Morgan fingerprint density at radius 1 is 0.900 bits per heavy atom. The molecule has 0 atom stereocenters. The minimum absolute atomic E-state index is 0.0512. The summed E-state index contributed by atoms with van der Waals surface area (Å²) in [5, 5.41) is 3.51. The maximum atomic E-state index is 14.4. The summed E-state index contributed by atoms with van der Waals surface area (Å²) in [6.07, 6.45) is 1.62. The van der Waals surface area contributed by atoms with Gasteiger partial charge < -0.3 is 5.32 Å². The molecule has 0 saturated heterocycles. The Morgan fingerprint density at radius 3 is 2.53 bits per heavy atom. The topological polar surface area (TPSA) is 59.1 Å². The Balaban J connectivity index is 1.68. The molecule has 1 amide bonds. The highest BCUT2D eigenvalue weighted by atomic mass is 35.5. The van der Waals surface area contributed by atoms with E-state index in [-0.39, 0.29) is 16.8 Å². The second-order valence-electron chi connectivity index (χ2n) is 6.52. The fourth-order valence-electron chi connectivity index (χ4n) is 3.03. The minimum atomic E-state index is -1.29. The highest BCUT2D eigenvalue weighted by molar-refractivity contribution is 6.31. The summed E-state index contributed by atoms with van der Waals surface area (Å²) in [5.41, 5.74) is 0.543. The van der Waals surface area contributed by atoms with Crippen LogP contribution in [0.25, 0.3) is 10.9 Å². The van der Waals surface area contributed by atoms with E-state index in [1.807, 2.05) is 0 Å². The first-order valence-corrected chi connectivity index (χ1v) is 9.25. The number of halogens is 3. The second-order valence-corrected chi connectivity index (χ2v) is 6.96. The van der Waals surface area contributed by atoms with E-state index >= 15 is 0 Å². The molecule has 7 heteroatoms. The zero-order valence-electron chi connectivity index (χ0n) is 15.3. The largest absolute Gasteiger partial charge is 0.322 e. The van der Waals surface area contributed by atoms with Gasteiger partial charge in [0.1, 0.15) is 0 Å². The van der Waals surface area contributed by atoms with Crippen molar-refractivity contribution in [2.75, 3.05) is 5.32 Å². The van der Waals surface area contributed by atoms with Gasteiger partial charge in [0.25, 0.3) is 5.91 Å². The van der Waals surface area contributed by atoms with E-state index in [4.69, 9.17) is 11.6 Å². The van der Waals surface area contributed by atoms with Crippen LogP contribution in [0.4, 0.5) is 14.5 Å². The third-order valence-corrected chi connectivity index (χ3v) is 4.72. The van der Waals surface area contributed by atoms with Gasteiger partial charge in [0.2, 0.25) is 0 Å². The SMILES string of the molecule is O=C(Nc1cc(F)c(F)c(C(=O)c2ccc3ncccc3c2)c1)c1cccc(Cl)c1. The molecule has 3 aromatic carbocycles. The van der Waals surface area contributed by atoms with Crippen LogP contribution in [-0.4, -0.2) is 16.7 Å². The summed E-state index contributed by atoms with van der Waals surface area (Å²) in [6, 6.07) is 16.2. The first-order valence-electron chi connectivity index (χ1n) is 8.88. The molecule has 148 valence electrons. The van der Waals surface area contributed by atoms with Gasteiger partial charge >= 0.3 is 0 Å². The molecule has 0 saturated carbocycles. The number of carbonyl (C=O) groups is 2. The van der Waals surface area contributed by atoms with Crippen molar-refractivity contribution in [1.29, 1.82) is 0 Å². The maximum absolute atomic E-state index is 14.4. The van der Waals surface area contributed by atoms with Crippen LogP contribution in [0, 0.1) is 11.6 Å². The number of fused-ring (bicyclic) bond motifs is 1. The summed E-state index contributed by atoms with van der Waals surface area (Å²) in [4.78, 5) is 29.4. The van der Waals surface area contributed by atoms with Crippen LogP contribution >= 0.6 is 11.6 Å². The molecule has 4 nitrogen and oxygen atoms in total. The monoisotopic (exact) mass is 422 g/mol. The number of nitrogens with zero attached hydrogens (tertiary/aromatic N) is 1. The van der Waals surface area contributed by atoms with Gasteiger partial charge in [0.05, 0.1) is 11.1 Å². The molecular formula is C23H13ClF2N2O2. The minimum Gasteiger partial charge on any atom is -0.322 e. The van der Waals surface area contributed by atoms with Crippen molar-refractivity contribution in [3.63, 3.8) is 0 Å². The van der Waals surface area contributed by atoms with E-state index in [0.29, 0.717) is 15.9 Å². The van der Waals surface area contributed by atoms with Crippen molar-refractivity contribution in [3.05, 3.63) is 106 Å². The van der Waals surface area contributed by atoms with Gasteiger partial charge in [-0.3, -0.25) is 14.6 Å². The summed E-state index contributed by atoms with van der Waals surface area (Å²) in [7, 11) is 0. The third kappa shape index (κ3) is 3.90. The average Bonchev–Trinajstić information content (AvgIpc) is 2.75. The number of carbonyl (C=O) groups excluding carboxylic acids is 2. The standard InChI is InChI=1S/C23H13ClF2N2O2/c24-16-5-1-3-15(10-16)23(30)28-17-11-18(21(26)19(25)12-17)22(29)14-6-7-20-13(9-14)4-2-8-27-20/h1-12H,(H,28,30). The van der Waals surface area contributed by atoms with Crippen molar-refractivity contribution >= 4 is 39.9 Å². The molecule has 30 heavy (non-hydrogen) atoms. The van der Waals surface area contributed by atoms with Crippen molar-refractivity contribution in [1.82, 2.24) is 4.98 Å². The predicted molar refractivity (Wildman–Crippen MR) is 111 cm³/mol. The van der Waals surface area contributed by atoms with Gasteiger partial charge in [-0.05, 0) is 48.5 Å². The lowest BCUT2D eigenvalue weighted by molar-refractivity contribution is 0.101. The quantitative estimate of drug-likeness (QED) is 0.432. The molecule has 0 bridgehead atoms. The zero-order valence-corrected chi connectivity index (χ0v) is 16.1. The van der Waals surface area contributed by atoms with Gasteiger partial charge in [0.15, 0.2) is 17.4 Å². The van der Waals surface area contributed by atoms with Crippen LogP contribution in [0.2, 0.25) is 5.02 Å². The Morgan fingerprint density at radius 2 is 1.73 bits per heavy atom. The summed E-state index contributed by atoms with van der Waals surface area (Å²) >= 11 is 5.88. The Bertz CT molecular complexity index is 1310. The smallest absolute Gasteiger partial charge is 0.255 e. The molecule has 0 aliphatic heterocycles. The van der Waals surface area contributed by atoms with E-state index in [0.717, 1.165) is 12.1 Å². The van der Waals surface area contributed by atoms with E-state index in [2.05, 4.69) is 10.3 Å². The molecule has 0 aliphatic rings. The van der Waals surface area contributed by atoms with Crippen LogP contribution < -0.4 is 5.32 Å². The molecule has 4 rings (SSSR count). The summed E-state index contributed by atoms with van der Waals surface area (Å²) in [6.45, 7) is 0. The molecule has 1 heterocycles. The average molecular weight is 423 g/mol. The number of hydrogen-bond acceptors (Lipinski definition) is 3. The van der Waals surface area contributed by atoms with Crippen molar-refractivity contribution in [3.8, 4) is 0 Å². The van der Waals surface area contributed by atoms with E-state index in [1.165, 1.54) is 18.2 Å². The Hall–Kier alpha value is -3.64. The van der Waals surface area contributed by atoms with Gasteiger partial charge in [-0.1, -0.05) is 23.7 Å². The molecular weight excluding hydrogens is 410 g/mol. The number of amides is 1. The second kappa shape index (κ2) is 8.00. The lowest BCUT2D eigenvalue weighted by Gasteiger charge is -2.10. The molecule has 0 spiro atoms. The van der Waals surface area contributed by atoms with Crippen LogP contribution in [0.15, 0.2) is 72.9 Å². The Kier molecular flexibility index (Phi) is 5.25. The van der Waals surface area contributed by atoms with E-state index in [9.17, 15) is 18.4 Å². The normalized spacial score (nSPS) is 10.8. The lowest BCUT2D eigenvalue weighted by atomic mass is 10.00. The highest BCUT2D eigenvalue weighted by Gasteiger charge is 2.20. The van der Waals surface area contributed by atoms with E-state index < -0.39 is 28.9 Å². The van der Waals surface area contributed by atoms with Crippen LogP contribution in [0.5, 0.6) is 0 Å². The number of pyridine rings is 1. The maximum Gasteiger partial charge on any atom is 0.255 e. The molecule has 0 aliphatic carbocycles. The lowest BCUT2D eigenvalue weighted by Crippen LogP contribution is -2.14. The first kappa shape index (κ1) is 19.7. The molecule has 0 unspecified atom stereocenters. The van der Waals surface area contributed by atoms with Gasteiger partial charge in [-0.25, -0.2) is 8.78 Å².